The number of hydrogen-bond acceptors (Lipinski definition) is 2. The van der Waals surface area contributed by atoms with Gasteiger partial charge in [-0.15, -0.1) is 0 Å². The van der Waals surface area contributed by atoms with Crippen molar-refractivity contribution in [3.8, 4) is 5.75 Å². The van der Waals surface area contributed by atoms with E-state index < -0.39 is 0 Å². The Morgan fingerprint density at radius 2 is 1.74 bits per heavy atom. The lowest BCUT2D eigenvalue weighted by Gasteiger charge is -2.33. The van der Waals surface area contributed by atoms with Crippen molar-refractivity contribution in [3.05, 3.63) is 29.3 Å². The van der Waals surface area contributed by atoms with Crippen molar-refractivity contribution in [2.24, 2.45) is 5.41 Å². The lowest BCUT2D eigenvalue weighted by Crippen LogP contribution is -2.41. The van der Waals surface area contributed by atoms with Crippen LogP contribution in [0.3, 0.4) is 0 Å². The lowest BCUT2D eigenvalue weighted by molar-refractivity contribution is 0.240. The Balaban J connectivity index is 2.64. The largest absolute Gasteiger partial charge is 0.496 e. The van der Waals surface area contributed by atoms with Gasteiger partial charge in [0.15, 0.2) is 0 Å². The van der Waals surface area contributed by atoms with Gasteiger partial charge >= 0.3 is 0 Å². The van der Waals surface area contributed by atoms with E-state index in [4.69, 9.17) is 4.74 Å². The van der Waals surface area contributed by atoms with Gasteiger partial charge in [0, 0.05) is 12.1 Å². The Bertz CT molecular complexity index is 416. The van der Waals surface area contributed by atoms with Gasteiger partial charge in [0.25, 0.3) is 0 Å². The molecule has 0 radical (unpaired) electrons. The first kappa shape index (κ1) is 16.0. The van der Waals surface area contributed by atoms with Gasteiger partial charge in [-0.1, -0.05) is 32.9 Å². The molecule has 0 fully saturated rings. The molecular formula is C17H29NO. The van der Waals surface area contributed by atoms with Crippen LogP contribution in [0.25, 0.3) is 0 Å². The van der Waals surface area contributed by atoms with Gasteiger partial charge in [-0.2, -0.15) is 0 Å². The van der Waals surface area contributed by atoms with Gasteiger partial charge < -0.3 is 10.1 Å². The molecule has 1 N–H and O–H groups in total. The lowest BCUT2D eigenvalue weighted by atomic mass is 9.82. The van der Waals surface area contributed by atoms with Crippen molar-refractivity contribution in [2.45, 2.75) is 60.0 Å². The molecule has 2 heteroatoms. The third-order valence-electron chi connectivity index (χ3n) is 3.20. The average molecular weight is 263 g/mol. The SMILES string of the molecule is COc1ccc(CNC(C)(C)CC(C)(C)C)cc1C. The predicted molar refractivity (Wildman–Crippen MR) is 82.7 cm³/mol. The number of hydrogen-bond donors (Lipinski definition) is 1. The summed E-state index contributed by atoms with van der Waals surface area (Å²) in [5.74, 6) is 0.956. The molecule has 2 nitrogen and oxygen atoms in total. The molecule has 0 saturated carbocycles. The van der Waals surface area contributed by atoms with E-state index in [1.54, 1.807) is 7.11 Å². The van der Waals surface area contributed by atoms with Gasteiger partial charge in [0.2, 0.25) is 0 Å². The van der Waals surface area contributed by atoms with Crippen molar-refractivity contribution < 1.29 is 4.74 Å². The topological polar surface area (TPSA) is 21.3 Å². The summed E-state index contributed by atoms with van der Waals surface area (Å²) < 4.78 is 5.29. The number of nitrogens with one attached hydrogen (secondary N) is 1. The maximum absolute atomic E-state index is 5.29. The van der Waals surface area contributed by atoms with Gasteiger partial charge in [0.1, 0.15) is 5.75 Å². The number of methoxy groups -OCH3 is 1. The highest BCUT2D eigenvalue weighted by Crippen LogP contribution is 2.27. The van der Waals surface area contributed by atoms with E-state index in [1.807, 2.05) is 6.07 Å². The molecule has 108 valence electrons. The summed E-state index contributed by atoms with van der Waals surface area (Å²) in [5, 5.41) is 3.66. The number of rotatable bonds is 5. The van der Waals surface area contributed by atoms with Crippen LogP contribution in [0.2, 0.25) is 0 Å². The van der Waals surface area contributed by atoms with Crippen molar-refractivity contribution in [1.29, 1.82) is 0 Å². The van der Waals surface area contributed by atoms with E-state index in [1.165, 1.54) is 11.1 Å². The van der Waals surface area contributed by atoms with E-state index in [0.29, 0.717) is 5.41 Å². The molecule has 0 amide bonds. The first-order chi connectivity index (χ1) is 8.63. The molecular weight excluding hydrogens is 234 g/mol. The van der Waals surface area contributed by atoms with Gasteiger partial charge in [-0.25, -0.2) is 0 Å². The van der Waals surface area contributed by atoms with Crippen LogP contribution in [-0.2, 0) is 6.54 Å². The fraction of sp³-hybridized carbons (Fsp3) is 0.647. The minimum absolute atomic E-state index is 0.145. The monoisotopic (exact) mass is 263 g/mol. The van der Waals surface area contributed by atoms with Crippen LogP contribution in [0.1, 0.15) is 52.2 Å². The summed E-state index contributed by atoms with van der Waals surface area (Å²) in [6.07, 6.45) is 1.15. The molecule has 0 unspecified atom stereocenters. The standard InChI is InChI=1S/C17H29NO/c1-13-10-14(8-9-15(13)19-7)11-18-17(5,6)12-16(2,3)4/h8-10,18H,11-12H2,1-7H3. The minimum Gasteiger partial charge on any atom is -0.496 e. The second-order valence-corrected chi connectivity index (χ2v) is 7.28. The van der Waals surface area contributed by atoms with E-state index in [-0.39, 0.29) is 5.54 Å². The van der Waals surface area contributed by atoms with E-state index in [9.17, 15) is 0 Å². The normalized spacial score (nSPS) is 12.6. The molecule has 1 rings (SSSR count). The van der Waals surface area contributed by atoms with E-state index >= 15 is 0 Å². The first-order valence-corrected chi connectivity index (χ1v) is 7.01. The summed E-state index contributed by atoms with van der Waals surface area (Å²) in [6, 6.07) is 6.37. The van der Waals surface area contributed by atoms with Crippen molar-refractivity contribution >= 4 is 0 Å². The van der Waals surface area contributed by atoms with Crippen LogP contribution < -0.4 is 10.1 Å². The van der Waals surface area contributed by atoms with Gasteiger partial charge in [0.05, 0.1) is 7.11 Å². The molecule has 0 aromatic heterocycles. The molecule has 0 spiro atoms. The predicted octanol–water partition coefficient (Wildman–Crippen LogP) is 4.31. The molecule has 19 heavy (non-hydrogen) atoms. The van der Waals surface area contributed by atoms with E-state index in [2.05, 4.69) is 59.0 Å². The van der Waals surface area contributed by atoms with Crippen LogP contribution >= 0.6 is 0 Å². The third kappa shape index (κ3) is 5.65. The van der Waals surface area contributed by atoms with Gasteiger partial charge in [-0.3, -0.25) is 0 Å². The van der Waals surface area contributed by atoms with Crippen LogP contribution in [0, 0.1) is 12.3 Å². The summed E-state index contributed by atoms with van der Waals surface area (Å²) >= 11 is 0. The van der Waals surface area contributed by atoms with Crippen LogP contribution in [0.4, 0.5) is 0 Å². The maximum atomic E-state index is 5.29. The molecule has 0 aliphatic carbocycles. The zero-order valence-electron chi connectivity index (χ0n) is 13.6. The fourth-order valence-electron chi connectivity index (χ4n) is 2.78. The molecule has 0 aliphatic heterocycles. The fourth-order valence-corrected chi connectivity index (χ4v) is 2.78. The molecule has 0 saturated heterocycles. The number of ether oxygens (including phenoxy) is 1. The highest BCUT2D eigenvalue weighted by Gasteiger charge is 2.24. The van der Waals surface area contributed by atoms with Crippen LogP contribution in [0.15, 0.2) is 18.2 Å². The highest BCUT2D eigenvalue weighted by atomic mass is 16.5. The summed E-state index contributed by atoms with van der Waals surface area (Å²) in [5.41, 5.74) is 2.98. The van der Waals surface area contributed by atoms with Crippen molar-refractivity contribution in [1.82, 2.24) is 5.32 Å². The van der Waals surface area contributed by atoms with Crippen LogP contribution in [-0.4, -0.2) is 12.6 Å². The molecule has 1 aromatic rings. The third-order valence-corrected chi connectivity index (χ3v) is 3.20. The Morgan fingerprint density at radius 3 is 2.21 bits per heavy atom. The van der Waals surface area contributed by atoms with Gasteiger partial charge in [-0.05, 0) is 49.8 Å². The second kappa shape index (κ2) is 5.96. The Kier molecular flexibility index (Phi) is 5.03. The first-order valence-electron chi connectivity index (χ1n) is 7.01. The minimum atomic E-state index is 0.145. The quantitative estimate of drug-likeness (QED) is 0.855. The van der Waals surface area contributed by atoms with Crippen molar-refractivity contribution in [2.75, 3.05) is 7.11 Å². The molecule has 0 bridgehead atoms. The highest BCUT2D eigenvalue weighted by molar-refractivity contribution is 5.36. The zero-order valence-corrected chi connectivity index (χ0v) is 13.6. The Labute approximate surface area is 118 Å². The van der Waals surface area contributed by atoms with Crippen molar-refractivity contribution in [3.63, 3.8) is 0 Å². The Hall–Kier alpha value is -1.02. The molecule has 1 aromatic carbocycles. The van der Waals surface area contributed by atoms with E-state index in [0.717, 1.165) is 18.7 Å². The molecule has 0 atom stereocenters. The summed E-state index contributed by atoms with van der Waals surface area (Å²) in [7, 11) is 1.71. The molecule has 0 heterocycles. The maximum Gasteiger partial charge on any atom is 0.121 e. The average Bonchev–Trinajstić information content (AvgIpc) is 2.23. The number of benzene rings is 1. The summed E-state index contributed by atoms with van der Waals surface area (Å²) in [4.78, 5) is 0. The zero-order chi connectivity index (χ0) is 14.7. The number of aryl methyl sites for hydroxylation is 1. The summed E-state index contributed by atoms with van der Waals surface area (Å²) in [6.45, 7) is 14.4. The van der Waals surface area contributed by atoms with Crippen LogP contribution in [0.5, 0.6) is 5.75 Å². The smallest absolute Gasteiger partial charge is 0.121 e. The Morgan fingerprint density at radius 1 is 1.11 bits per heavy atom. The molecule has 0 aliphatic rings. The second-order valence-electron chi connectivity index (χ2n) is 7.28.